The van der Waals surface area contributed by atoms with Crippen molar-refractivity contribution < 1.29 is 27.6 Å². The molecule has 0 N–H and O–H groups in total. The van der Waals surface area contributed by atoms with Crippen molar-refractivity contribution in [2.75, 3.05) is 0 Å². The average Bonchev–Trinajstić information content (AvgIpc) is 1.36. The van der Waals surface area contributed by atoms with E-state index in [0.29, 0.717) is 0 Å². The van der Waals surface area contributed by atoms with Crippen LogP contribution in [-0.4, -0.2) is 15.7 Å². The van der Waals surface area contributed by atoms with Crippen molar-refractivity contribution in [2.24, 2.45) is 0 Å². The van der Waals surface area contributed by atoms with Crippen LogP contribution in [0.25, 0.3) is 0 Å². The van der Waals surface area contributed by atoms with Gasteiger partial charge in [-0.15, -0.1) is 0 Å². The molecule has 0 aliphatic heterocycles. The molecule has 0 saturated heterocycles. The summed E-state index contributed by atoms with van der Waals surface area (Å²) in [5.41, 5.74) is 0. The summed E-state index contributed by atoms with van der Waals surface area (Å²) in [5, 5.41) is -2.53. The van der Waals surface area contributed by atoms with E-state index in [1.165, 1.54) is 15.4 Å². The molecular formula is MoO3PSb. The van der Waals surface area contributed by atoms with E-state index in [2.05, 4.69) is 0 Å². The zero-order chi connectivity index (χ0) is 5.15. The molecule has 0 fully saturated rings. The zero-order valence-electron chi connectivity index (χ0n) is 2.53. The van der Waals surface area contributed by atoms with Gasteiger partial charge >= 0.3 is 48.6 Å². The predicted octanol–water partition coefficient (Wildman–Crippen LogP) is 0.121. The Kier molecular flexibility index (Phi) is 3.89. The second kappa shape index (κ2) is 3.24. The number of hydrogen-bond acceptors (Lipinski definition) is 3. The van der Waals surface area contributed by atoms with Crippen LogP contribution in [-0.2, 0) is 27.6 Å². The molecule has 0 atom stereocenters. The molecule has 34 valence electrons. The van der Waals surface area contributed by atoms with Crippen molar-refractivity contribution in [3.05, 3.63) is 0 Å². The normalized spacial score (nSPS) is 7.33. The fourth-order valence-electron chi connectivity index (χ4n) is 0. The molecule has 0 rings (SSSR count). The molecule has 0 amide bonds. The van der Waals surface area contributed by atoms with Crippen LogP contribution in [0.5, 0.6) is 0 Å². The summed E-state index contributed by atoms with van der Waals surface area (Å²) in [6, 6.07) is 0. The van der Waals surface area contributed by atoms with Gasteiger partial charge in [0.05, 0.1) is 0 Å². The summed E-state index contributed by atoms with van der Waals surface area (Å²) in [6.07, 6.45) is 0. The van der Waals surface area contributed by atoms with Crippen molar-refractivity contribution in [1.82, 2.24) is 0 Å². The van der Waals surface area contributed by atoms with Crippen LogP contribution in [0, 0.1) is 0 Å². The van der Waals surface area contributed by atoms with E-state index < -0.39 is 21.0 Å². The van der Waals surface area contributed by atoms with E-state index in [4.69, 9.17) is 0 Å². The Morgan fingerprint density at radius 1 is 1.50 bits per heavy atom. The van der Waals surface area contributed by atoms with Gasteiger partial charge in [0.2, 0.25) is 0 Å². The molecule has 0 aliphatic rings. The van der Waals surface area contributed by atoms with E-state index in [0.717, 1.165) is 0 Å². The van der Waals surface area contributed by atoms with E-state index in [9.17, 15) is 12.1 Å². The minimum atomic E-state index is -2.88. The third-order valence-corrected chi connectivity index (χ3v) is 9.28. The third-order valence-electron chi connectivity index (χ3n) is 0.133. The molecule has 0 spiro atoms. The van der Waals surface area contributed by atoms with E-state index in [-0.39, 0.29) is 0 Å². The summed E-state index contributed by atoms with van der Waals surface area (Å²) >= 11 is -1.67. The summed E-state index contributed by atoms with van der Waals surface area (Å²) in [7, 11) is 0. The molecule has 0 unspecified atom stereocenters. The summed E-state index contributed by atoms with van der Waals surface area (Å²) < 4.78 is 28.8. The average molecular weight is 297 g/mol. The quantitative estimate of drug-likeness (QED) is 0.510. The van der Waals surface area contributed by atoms with Gasteiger partial charge in [-0.1, -0.05) is 0 Å². The third kappa shape index (κ3) is 3.40. The van der Waals surface area contributed by atoms with Gasteiger partial charge < -0.3 is 0 Å². The van der Waals surface area contributed by atoms with Gasteiger partial charge in [0.25, 0.3) is 0 Å². The molecule has 0 aromatic rings. The van der Waals surface area contributed by atoms with Gasteiger partial charge in [-0.25, -0.2) is 0 Å². The summed E-state index contributed by atoms with van der Waals surface area (Å²) in [4.78, 5) is 0. The fourth-order valence-corrected chi connectivity index (χ4v) is 0. The van der Waals surface area contributed by atoms with Crippen molar-refractivity contribution in [2.45, 2.75) is 0 Å². The molecule has 3 nitrogen and oxygen atoms in total. The molecule has 0 aromatic heterocycles. The molecule has 0 aromatic carbocycles. The first-order valence-electron chi connectivity index (χ1n) is 0.930. The van der Waals surface area contributed by atoms with Gasteiger partial charge in [0, 0.05) is 0 Å². The van der Waals surface area contributed by atoms with Crippen LogP contribution >= 0.6 is 5.25 Å². The maximum atomic E-state index is 9.82. The SMILES string of the molecule is O=[P](=O)[Sb](=[O])=[Mo]. The standard InChI is InChI=1S/Mo.O2P.O.Sb/c;1-3-2;;. The van der Waals surface area contributed by atoms with Crippen LogP contribution in [0.15, 0.2) is 0 Å². The zero-order valence-corrected chi connectivity index (χ0v) is 7.98. The second-order valence-electron chi connectivity index (χ2n) is 0.476. The Morgan fingerprint density at radius 2 is 1.67 bits per heavy atom. The Hall–Kier alpha value is 1.21. The van der Waals surface area contributed by atoms with Crippen molar-refractivity contribution in [3.63, 3.8) is 0 Å². The Morgan fingerprint density at radius 3 is 1.67 bits per heavy atom. The second-order valence-corrected chi connectivity index (χ2v) is 17.8. The molecule has 0 aliphatic carbocycles. The topological polar surface area (TPSA) is 51.2 Å². The van der Waals surface area contributed by atoms with Crippen molar-refractivity contribution in [3.8, 4) is 0 Å². The van der Waals surface area contributed by atoms with Gasteiger partial charge in [-0.05, 0) is 0 Å². The van der Waals surface area contributed by atoms with Gasteiger partial charge in [-0.3, -0.25) is 0 Å². The molecule has 6 heteroatoms. The molecule has 0 heterocycles. The minimum absolute atomic E-state index is 1.21. The van der Waals surface area contributed by atoms with E-state index >= 15 is 0 Å². The molecule has 0 bridgehead atoms. The van der Waals surface area contributed by atoms with E-state index in [1.54, 1.807) is 0 Å². The van der Waals surface area contributed by atoms with Gasteiger partial charge in [0.15, 0.2) is 0 Å². The Balaban J connectivity index is 4.38. The van der Waals surface area contributed by atoms with Crippen molar-refractivity contribution in [1.29, 1.82) is 0 Å². The molecule has 0 saturated carbocycles. The van der Waals surface area contributed by atoms with Gasteiger partial charge in [-0.2, -0.15) is 0 Å². The molecule has 6 heavy (non-hydrogen) atoms. The monoisotopic (exact) mass is 298 g/mol. The summed E-state index contributed by atoms with van der Waals surface area (Å²) in [5.74, 6) is 0. The number of hydrogen-bond donors (Lipinski definition) is 0. The van der Waals surface area contributed by atoms with Crippen LogP contribution < -0.4 is 0 Å². The van der Waals surface area contributed by atoms with Crippen LogP contribution in [0.3, 0.4) is 0 Å². The van der Waals surface area contributed by atoms with Crippen LogP contribution in [0.2, 0.25) is 0 Å². The first-order valence-corrected chi connectivity index (χ1v) is 13.6. The summed E-state index contributed by atoms with van der Waals surface area (Å²) in [6.45, 7) is 0. The van der Waals surface area contributed by atoms with Crippen LogP contribution in [0.4, 0.5) is 0 Å². The first kappa shape index (κ1) is 7.21. The van der Waals surface area contributed by atoms with Crippen molar-refractivity contribution >= 4 is 21.0 Å². The van der Waals surface area contributed by atoms with E-state index in [1.807, 2.05) is 0 Å². The first-order chi connectivity index (χ1) is 2.64. The Bertz CT molecular complexity index is 128. The fraction of sp³-hybridized carbons (Fsp3) is 0. The maximum absolute atomic E-state index is 9.82. The molecular weight excluding hydrogens is 297 g/mol. The Labute approximate surface area is 48.3 Å². The van der Waals surface area contributed by atoms with Crippen LogP contribution in [0.1, 0.15) is 0 Å². The predicted molar refractivity (Wildman–Crippen MR) is 14.7 cm³/mol. The van der Waals surface area contributed by atoms with Gasteiger partial charge in [0.1, 0.15) is 0 Å². The number of rotatable bonds is 1. The molecule has 0 radical (unpaired) electrons.